The minimum absolute atomic E-state index is 0.503. The molecule has 0 aromatic heterocycles. The number of carboxylic acids is 1. The highest BCUT2D eigenvalue weighted by Gasteiger charge is 2.57. The Morgan fingerprint density at radius 3 is 2.59 bits per heavy atom. The van der Waals surface area contributed by atoms with E-state index in [1.54, 1.807) is 0 Å². The molecule has 2 saturated carbocycles. The van der Waals surface area contributed by atoms with Gasteiger partial charge in [-0.1, -0.05) is 34.1 Å². The molecule has 2 fully saturated rings. The topological polar surface area (TPSA) is 37.3 Å². The number of carbonyl (C=O) groups is 1. The van der Waals surface area contributed by atoms with Crippen LogP contribution in [0.3, 0.4) is 0 Å². The Morgan fingerprint density at radius 1 is 1.35 bits per heavy atom. The Balaban J connectivity index is 1.87. The van der Waals surface area contributed by atoms with Gasteiger partial charge in [0.25, 0.3) is 0 Å². The molecule has 2 aliphatic rings. The van der Waals surface area contributed by atoms with Gasteiger partial charge in [0.05, 0.1) is 5.41 Å². The second-order valence-electron chi connectivity index (χ2n) is 5.52. The highest BCUT2D eigenvalue weighted by Crippen LogP contribution is 2.61. The molecule has 2 unspecified atom stereocenters. The number of aliphatic carboxylic acids is 1. The fourth-order valence-electron chi connectivity index (χ4n) is 3.30. The van der Waals surface area contributed by atoms with Crippen molar-refractivity contribution in [1.82, 2.24) is 0 Å². The Kier molecular flexibility index (Phi) is 2.54. The number of benzene rings is 1. The zero-order valence-electron chi connectivity index (χ0n) is 9.53. The fraction of sp³-hybridized carbons (Fsp3) is 0.500. The summed E-state index contributed by atoms with van der Waals surface area (Å²) in [6, 6.07) is 7.96. The molecule has 0 amide bonds. The fourth-order valence-corrected chi connectivity index (χ4v) is 3.72. The van der Waals surface area contributed by atoms with Crippen molar-refractivity contribution in [2.24, 2.45) is 17.3 Å². The Labute approximate surface area is 109 Å². The van der Waals surface area contributed by atoms with Crippen molar-refractivity contribution >= 4 is 21.9 Å². The SMILES string of the molecule is O=C(O)C1(Cc2ccccc2Br)CC2CC2C1. The van der Waals surface area contributed by atoms with Crippen LogP contribution in [0.15, 0.2) is 28.7 Å². The lowest BCUT2D eigenvalue weighted by atomic mass is 9.77. The Hall–Kier alpha value is -0.830. The zero-order valence-corrected chi connectivity index (χ0v) is 11.1. The predicted molar refractivity (Wildman–Crippen MR) is 68.7 cm³/mol. The number of rotatable bonds is 3. The third kappa shape index (κ3) is 1.90. The van der Waals surface area contributed by atoms with E-state index in [1.807, 2.05) is 24.3 Å². The largest absolute Gasteiger partial charge is 0.481 e. The molecule has 2 aliphatic carbocycles. The highest BCUT2D eigenvalue weighted by atomic mass is 79.9. The third-order valence-corrected chi connectivity index (χ3v) is 5.09. The summed E-state index contributed by atoms with van der Waals surface area (Å²) in [5.74, 6) is 0.766. The molecule has 0 spiro atoms. The average Bonchev–Trinajstić information content (AvgIpc) is 2.90. The summed E-state index contributed by atoms with van der Waals surface area (Å²) < 4.78 is 1.03. The molecule has 1 aromatic carbocycles. The molecular weight excluding hydrogens is 280 g/mol. The number of fused-ring (bicyclic) bond motifs is 1. The average molecular weight is 295 g/mol. The van der Waals surface area contributed by atoms with Crippen molar-refractivity contribution in [2.45, 2.75) is 25.7 Å². The van der Waals surface area contributed by atoms with Crippen LogP contribution in [0.1, 0.15) is 24.8 Å². The summed E-state index contributed by atoms with van der Waals surface area (Å²) in [6.45, 7) is 0. The highest BCUT2D eigenvalue weighted by molar-refractivity contribution is 9.10. The van der Waals surface area contributed by atoms with Crippen molar-refractivity contribution in [1.29, 1.82) is 0 Å². The van der Waals surface area contributed by atoms with Gasteiger partial charge in [0, 0.05) is 4.47 Å². The molecule has 2 nitrogen and oxygen atoms in total. The number of hydrogen-bond donors (Lipinski definition) is 1. The lowest BCUT2D eigenvalue weighted by Crippen LogP contribution is -2.32. The van der Waals surface area contributed by atoms with E-state index in [0.717, 1.165) is 22.9 Å². The standard InChI is InChI=1S/C14H15BrO2/c15-12-4-2-1-3-9(12)6-14(13(16)17)7-10-5-11(10)8-14/h1-4,10-11H,5-8H2,(H,16,17). The predicted octanol–water partition coefficient (Wildman–Crippen LogP) is 3.49. The van der Waals surface area contributed by atoms with Gasteiger partial charge in [-0.15, -0.1) is 0 Å². The minimum atomic E-state index is -0.611. The van der Waals surface area contributed by atoms with Crippen LogP contribution in [-0.2, 0) is 11.2 Å². The molecule has 1 N–H and O–H groups in total. The van der Waals surface area contributed by atoms with Crippen molar-refractivity contribution < 1.29 is 9.90 Å². The van der Waals surface area contributed by atoms with E-state index in [1.165, 1.54) is 6.42 Å². The van der Waals surface area contributed by atoms with Gasteiger partial charge in [0.2, 0.25) is 0 Å². The number of halogens is 1. The van der Waals surface area contributed by atoms with Crippen molar-refractivity contribution in [2.75, 3.05) is 0 Å². The third-order valence-electron chi connectivity index (χ3n) is 4.32. The van der Waals surface area contributed by atoms with Crippen molar-refractivity contribution in [3.8, 4) is 0 Å². The molecule has 1 aromatic rings. The molecule has 0 radical (unpaired) electrons. The van der Waals surface area contributed by atoms with Gasteiger partial charge in [0.1, 0.15) is 0 Å². The molecule has 0 aliphatic heterocycles. The van der Waals surface area contributed by atoms with Gasteiger partial charge < -0.3 is 5.11 Å². The first-order valence-electron chi connectivity index (χ1n) is 6.07. The van der Waals surface area contributed by atoms with Crippen LogP contribution in [0.2, 0.25) is 0 Å². The molecular formula is C14H15BrO2. The van der Waals surface area contributed by atoms with Crippen LogP contribution >= 0.6 is 15.9 Å². The van der Waals surface area contributed by atoms with Crippen LogP contribution < -0.4 is 0 Å². The Morgan fingerprint density at radius 2 is 2.00 bits per heavy atom. The van der Waals surface area contributed by atoms with E-state index in [4.69, 9.17) is 0 Å². The van der Waals surface area contributed by atoms with E-state index in [0.29, 0.717) is 18.3 Å². The van der Waals surface area contributed by atoms with Crippen LogP contribution in [0.4, 0.5) is 0 Å². The molecule has 0 bridgehead atoms. The molecule has 2 atom stereocenters. The van der Waals surface area contributed by atoms with Crippen LogP contribution in [0.5, 0.6) is 0 Å². The van der Waals surface area contributed by atoms with Gasteiger partial charge in [-0.2, -0.15) is 0 Å². The van der Waals surface area contributed by atoms with E-state index in [-0.39, 0.29) is 0 Å². The molecule has 3 heteroatoms. The van der Waals surface area contributed by atoms with Gasteiger partial charge in [-0.05, 0) is 49.1 Å². The summed E-state index contributed by atoms with van der Waals surface area (Å²) in [5.41, 5.74) is 0.619. The maximum Gasteiger partial charge on any atom is 0.309 e. The number of carboxylic acid groups (broad SMARTS) is 1. The van der Waals surface area contributed by atoms with Gasteiger partial charge in [-0.25, -0.2) is 0 Å². The van der Waals surface area contributed by atoms with E-state index in [9.17, 15) is 9.90 Å². The first kappa shape index (κ1) is 11.3. The second-order valence-corrected chi connectivity index (χ2v) is 6.37. The molecule has 90 valence electrons. The molecule has 0 heterocycles. The van der Waals surface area contributed by atoms with Gasteiger partial charge >= 0.3 is 5.97 Å². The van der Waals surface area contributed by atoms with E-state index in [2.05, 4.69) is 15.9 Å². The zero-order chi connectivity index (χ0) is 12.0. The molecule has 3 rings (SSSR count). The maximum absolute atomic E-state index is 11.6. The summed E-state index contributed by atoms with van der Waals surface area (Å²) in [6.07, 6.45) is 3.66. The van der Waals surface area contributed by atoms with Crippen LogP contribution in [-0.4, -0.2) is 11.1 Å². The van der Waals surface area contributed by atoms with Crippen LogP contribution in [0, 0.1) is 17.3 Å². The summed E-state index contributed by atoms with van der Waals surface area (Å²) >= 11 is 3.51. The molecule has 0 saturated heterocycles. The first-order chi connectivity index (χ1) is 8.11. The number of hydrogen-bond acceptors (Lipinski definition) is 1. The molecule has 17 heavy (non-hydrogen) atoms. The van der Waals surface area contributed by atoms with E-state index < -0.39 is 11.4 Å². The Bertz CT molecular complexity index is 459. The van der Waals surface area contributed by atoms with Gasteiger partial charge in [0.15, 0.2) is 0 Å². The quantitative estimate of drug-likeness (QED) is 0.926. The van der Waals surface area contributed by atoms with E-state index >= 15 is 0 Å². The summed E-state index contributed by atoms with van der Waals surface area (Å²) in [5, 5.41) is 9.54. The lowest BCUT2D eigenvalue weighted by molar-refractivity contribution is -0.149. The first-order valence-corrected chi connectivity index (χ1v) is 6.87. The normalized spacial score (nSPS) is 34.4. The van der Waals surface area contributed by atoms with Crippen molar-refractivity contribution in [3.63, 3.8) is 0 Å². The minimum Gasteiger partial charge on any atom is -0.481 e. The lowest BCUT2D eigenvalue weighted by Gasteiger charge is -2.26. The smallest absolute Gasteiger partial charge is 0.309 e. The van der Waals surface area contributed by atoms with Crippen LogP contribution in [0.25, 0.3) is 0 Å². The maximum atomic E-state index is 11.6. The monoisotopic (exact) mass is 294 g/mol. The van der Waals surface area contributed by atoms with Gasteiger partial charge in [-0.3, -0.25) is 4.79 Å². The second kappa shape index (κ2) is 3.84. The van der Waals surface area contributed by atoms with Crippen molar-refractivity contribution in [3.05, 3.63) is 34.3 Å². The summed E-state index contributed by atoms with van der Waals surface area (Å²) in [4.78, 5) is 11.6. The summed E-state index contributed by atoms with van der Waals surface area (Å²) in [7, 11) is 0.